The summed E-state index contributed by atoms with van der Waals surface area (Å²) >= 11 is 0. The second kappa shape index (κ2) is 5.39. The fourth-order valence-electron chi connectivity index (χ4n) is 2.03. The lowest BCUT2D eigenvalue weighted by Crippen LogP contribution is -2.45. The number of rotatable bonds is 3. The molecule has 0 spiro atoms. The highest BCUT2D eigenvalue weighted by Crippen LogP contribution is 2.10. The molecule has 0 aliphatic carbocycles. The fourth-order valence-corrected chi connectivity index (χ4v) is 2.03. The zero-order chi connectivity index (χ0) is 11.4. The van der Waals surface area contributed by atoms with E-state index >= 15 is 0 Å². The van der Waals surface area contributed by atoms with E-state index in [0.29, 0.717) is 6.54 Å². The van der Waals surface area contributed by atoms with Gasteiger partial charge < -0.3 is 10.5 Å². The molecule has 1 atom stereocenters. The third kappa shape index (κ3) is 3.01. The molecule has 4 nitrogen and oxygen atoms in total. The number of pyridine rings is 1. The Hall–Kier alpha value is -0.970. The summed E-state index contributed by atoms with van der Waals surface area (Å²) in [5.41, 5.74) is 8.09. The number of nitrogens with two attached hydrogens (primary N) is 1. The van der Waals surface area contributed by atoms with Crippen molar-refractivity contribution >= 4 is 0 Å². The van der Waals surface area contributed by atoms with Crippen LogP contribution in [0.1, 0.15) is 11.1 Å². The van der Waals surface area contributed by atoms with Gasteiger partial charge in [-0.25, -0.2) is 0 Å². The number of morpholine rings is 1. The van der Waals surface area contributed by atoms with Gasteiger partial charge in [-0.15, -0.1) is 0 Å². The zero-order valence-corrected chi connectivity index (χ0v) is 9.72. The normalized spacial score (nSPS) is 22.2. The van der Waals surface area contributed by atoms with Crippen LogP contribution in [0.3, 0.4) is 0 Å². The van der Waals surface area contributed by atoms with Crippen LogP contribution in [0.15, 0.2) is 18.5 Å². The van der Waals surface area contributed by atoms with Crippen LogP contribution in [0, 0.1) is 6.92 Å². The summed E-state index contributed by atoms with van der Waals surface area (Å²) in [7, 11) is 0. The Morgan fingerprint density at radius 3 is 3.19 bits per heavy atom. The highest BCUT2D eigenvalue weighted by molar-refractivity contribution is 5.16. The number of nitrogens with zero attached hydrogens (tertiary/aromatic N) is 2. The van der Waals surface area contributed by atoms with Crippen molar-refractivity contribution in [3.8, 4) is 0 Å². The van der Waals surface area contributed by atoms with E-state index in [0.717, 1.165) is 26.2 Å². The first kappa shape index (κ1) is 11.5. The second-order valence-corrected chi connectivity index (χ2v) is 4.33. The summed E-state index contributed by atoms with van der Waals surface area (Å²) in [4.78, 5) is 6.58. The first-order valence-electron chi connectivity index (χ1n) is 5.72. The van der Waals surface area contributed by atoms with E-state index in [9.17, 15) is 0 Å². The van der Waals surface area contributed by atoms with E-state index in [1.165, 1.54) is 11.1 Å². The lowest BCUT2D eigenvalue weighted by molar-refractivity contribution is -0.0260. The van der Waals surface area contributed by atoms with Gasteiger partial charge in [0.25, 0.3) is 0 Å². The molecule has 0 amide bonds. The van der Waals surface area contributed by atoms with Gasteiger partial charge in [0.15, 0.2) is 0 Å². The number of ether oxygens (including phenoxy) is 1. The van der Waals surface area contributed by atoms with Gasteiger partial charge in [-0.1, -0.05) is 6.07 Å². The maximum absolute atomic E-state index is 5.62. The third-order valence-electron chi connectivity index (χ3n) is 2.82. The van der Waals surface area contributed by atoms with Crippen molar-refractivity contribution in [3.63, 3.8) is 0 Å². The van der Waals surface area contributed by atoms with E-state index in [4.69, 9.17) is 10.5 Å². The first-order valence-corrected chi connectivity index (χ1v) is 5.72. The van der Waals surface area contributed by atoms with Crippen LogP contribution in [-0.4, -0.2) is 42.2 Å². The maximum atomic E-state index is 5.62. The molecule has 0 bridgehead atoms. The minimum absolute atomic E-state index is 0.187. The van der Waals surface area contributed by atoms with Crippen LogP contribution in [-0.2, 0) is 11.3 Å². The largest absolute Gasteiger partial charge is 0.374 e. The molecule has 88 valence electrons. The molecule has 4 heteroatoms. The molecule has 2 heterocycles. The summed E-state index contributed by atoms with van der Waals surface area (Å²) in [6.45, 7) is 6.28. The SMILES string of the molecule is Cc1cncc(CN2CCOC(CN)C2)c1. The van der Waals surface area contributed by atoms with Crippen molar-refractivity contribution < 1.29 is 4.74 Å². The Labute approximate surface area is 96.4 Å². The predicted octanol–water partition coefficient (Wildman–Crippen LogP) is 0.550. The Morgan fingerprint density at radius 2 is 2.44 bits per heavy atom. The zero-order valence-electron chi connectivity index (χ0n) is 9.72. The van der Waals surface area contributed by atoms with Crippen LogP contribution < -0.4 is 5.73 Å². The monoisotopic (exact) mass is 221 g/mol. The van der Waals surface area contributed by atoms with Crippen LogP contribution in [0.25, 0.3) is 0 Å². The van der Waals surface area contributed by atoms with E-state index in [1.54, 1.807) is 0 Å². The highest BCUT2D eigenvalue weighted by atomic mass is 16.5. The van der Waals surface area contributed by atoms with Crippen LogP contribution in [0.5, 0.6) is 0 Å². The van der Waals surface area contributed by atoms with Gasteiger partial charge in [0.1, 0.15) is 0 Å². The summed E-state index contributed by atoms with van der Waals surface area (Å²) < 4.78 is 5.54. The van der Waals surface area contributed by atoms with Gasteiger partial charge >= 0.3 is 0 Å². The van der Waals surface area contributed by atoms with Crippen molar-refractivity contribution in [2.45, 2.75) is 19.6 Å². The number of aromatic nitrogens is 1. The fraction of sp³-hybridized carbons (Fsp3) is 0.583. The number of aryl methyl sites for hydroxylation is 1. The third-order valence-corrected chi connectivity index (χ3v) is 2.82. The number of hydrogen-bond acceptors (Lipinski definition) is 4. The van der Waals surface area contributed by atoms with Crippen LogP contribution in [0.2, 0.25) is 0 Å². The summed E-state index contributed by atoms with van der Waals surface area (Å²) in [5.74, 6) is 0. The molecule has 1 aliphatic heterocycles. The standard InChI is InChI=1S/C12H19N3O/c1-10-4-11(7-14-6-10)8-15-2-3-16-12(5-13)9-15/h4,6-7,12H,2-3,5,8-9,13H2,1H3. The molecular weight excluding hydrogens is 202 g/mol. The van der Waals surface area contributed by atoms with E-state index in [1.807, 2.05) is 12.4 Å². The van der Waals surface area contributed by atoms with E-state index in [-0.39, 0.29) is 6.10 Å². The molecule has 1 aromatic heterocycles. The maximum Gasteiger partial charge on any atom is 0.0824 e. The van der Waals surface area contributed by atoms with Crippen molar-refractivity contribution in [2.75, 3.05) is 26.2 Å². The van der Waals surface area contributed by atoms with Crippen molar-refractivity contribution in [2.24, 2.45) is 5.73 Å². The van der Waals surface area contributed by atoms with E-state index in [2.05, 4.69) is 22.9 Å². The second-order valence-electron chi connectivity index (χ2n) is 4.33. The van der Waals surface area contributed by atoms with Gasteiger partial charge in [0, 0.05) is 38.6 Å². The minimum Gasteiger partial charge on any atom is -0.374 e. The van der Waals surface area contributed by atoms with Gasteiger partial charge in [0.05, 0.1) is 12.7 Å². The van der Waals surface area contributed by atoms with Gasteiger partial charge in [-0.2, -0.15) is 0 Å². The lowest BCUT2D eigenvalue weighted by Gasteiger charge is -2.32. The minimum atomic E-state index is 0.187. The van der Waals surface area contributed by atoms with Crippen molar-refractivity contribution in [3.05, 3.63) is 29.6 Å². The predicted molar refractivity (Wildman–Crippen MR) is 63.0 cm³/mol. The Morgan fingerprint density at radius 1 is 1.56 bits per heavy atom. The Bertz CT molecular complexity index is 343. The lowest BCUT2D eigenvalue weighted by atomic mass is 10.2. The molecule has 2 rings (SSSR count). The molecule has 1 aromatic rings. The summed E-state index contributed by atoms with van der Waals surface area (Å²) in [6, 6.07) is 2.18. The molecule has 16 heavy (non-hydrogen) atoms. The van der Waals surface area contributed by atoms with Crippen LogP contribution >= 0.6 is 0 Å². The Balaban J connectivity index is 1.94. The molecule has 1 unspecified atom stereocenters. The highest BCUT2D eigenvalue weighted by Gasteiger charge is 2.18. The van der Waals surface area contributed by atoms with Crippen molar-refractivity contribution in [1.29, 1.82) is 0 Å². The quantitative estimate of drug-likeness (QED) is 0.810. The number of hydrogen-bond donors (Lipinski definition) is 1. The molecule has 1 saturated heterocycles. The smallest absolute Gasteiger partial charge is 0.0824 e. The Kier molecular flexibility index (Phi) is 3.88. The van der Waals surface area contributed by atoms with Crippen LogP contribution in [0.4, 0.5) is 0 Å². The molecule has 1 fully saturated rings. The molecule has 0 radical (unpaired) electrons. The first-order chi connectivity index (χ1) is 7.78. The summed E-state index contributed by atoms with van der Waals surface area (Å²) in [5, 5.41) is 0. The average molecular weight is 221 g/mol. The van der Waals surface area contributed by atoms with Gasteiger partial charge in [-0.05, 0) is 18.1 Å². The molecule has 0 saturated carbocycles. The van der Waals surface area contributed by atoms with Gasteiger partial charge in [0.2, 0.25) is 0 Å². The van der Waals surface area contributed by atoms with E-state index < -0.39 is 0 Å². The summed E-state index contributed by atoms with van der Waals surface area (Å²) in [6.07, 6.45) is 4.00. The van der Waals surface area contributed by atoms with Crippen molar-refractivity contribution in [1.82, 2.24) is 9.88 Å². The topological polar surface area (TPSA) is 51.4 Å². The molecule has 1 aliphatic rings. The molecule has 0 aromatic carbocycles. The average Bonchev–Trinajstić information content (AvgIpc) is 2.29. The molecule has 2 N–H and O–H groups in total. The molecular formula is C12H19N3O. The van der Waals surface area contributed by atoms with Gasteiger partial charge in [-0.3, -0.25) is 9.88 Å².